The zero-order valence-corrected chi connectivity index (χ0v) is 12.2. The van der Waals surface area contributed by atoms with Crippen molar-refractivity contribution in [2.75, 3.05) is 18.2 Å². The first kappa shape index (κ1) is 15.8. The van der Waals surface area contributed by atoms with Gasteiger partial charge in [0.05, 0.1) is 18.4 Å². The molecule has 116 valence electrons. The highest BCUT2D eigenvalue weighted by molar-refractivity contribution is 6.31. The number of carbonyl (C=O) groups excluding carboxylic acids is 2. The molecule has 3 N–H and O–H groups in total. The molecule has 0 radical (unpaired) electrons. The van der Waals surface area contributed by atoms with E-state index in [4.69, 9.17) is 17.3 Å². The lowest BCUT2D eigenvalue weighted by Crippen LogP contribution is -2.16. The van der Waals surface area contributed by atoms with Crippen molar-refractivity contribution < 1.29 is 18.7 Å². The van der Waals surface area contributed by atoms with Crippen LogP contribution in [0, 0.1) is 5.82 Å². The molecule has 2 aromatic rings. The van der Waals surface area contributed by atoms with Gasteiger partial charge in [-0.15, -0.1) is 0 Å². The molecule has 0 aliphatic heterocycles. The molecular weight excluding hydrogens is 315 g/mol. The molecule has 7 nitrogen and oxygen atoms in total. The van der Waals surface area contributed by atoms with E-state index in [2.05, 4.69) is 15.2 Å². The minimum Gasteiger partial charge on any atom is -0.468 e. The monoisotopic (exact) mass is 326 g/mol. The van der Waals surface area contributed by atoms with Crippen LogP contribution in [0.3, 0.4) is 0 Å². The lowest BCUT2D eigenvalue weighted by Gasteiger charge is -2.07. The second-order valence-corrected chi connectivity index (χ2v) is 4.71. The number of aromatic nitrogens is 2. The molecule has 1 amide bonds. The zero-order valence-electron chi connectivity index (χ0n) is 11.5. The fourth-order valence-electron chi connectivity index (χ4n) is 1.67. The molecule has 0 bridgehead atoms. The van der Waals surface area contributed by atoms with Crippen LogP contribution in [0.25, 0.3) is 0 Å². The Kier molecular flexibility index (Phi) is 4.62. The van der Waals surface area contributed by atoms with Gasteiger partial charge in [0, 0.05) is 17.3 Å². The van der Waals surface area contributed by atoms with E-state index in [1.165, 1.54) is 30.1 Å². The van der Waals surface area contributed by atoms with Crippen LogP contribution >= 0.6 is 11.6 Å². The number of amides is 1. The lowest BCUT2D eigenvalue weighted by atomic mass is 10.1. The smallest absolute Gasteiger partial charge is 0.327 e. The van der Waals surface area contributed by atoms with Crippen molar-refractivity contribution in [1.29, 1.82) is 0 Å². The van der Waals surface area contributed by atoms with Crippen LogP contribution in [0.15, 0.2) is 24.4 Å². The van der Waals surface area contributed by atoms with E-state index in [1.807, 2.05) is 0 Å². The highest BCUT2D eigenvalue weighted by Gasteiger charge is 2.16. The molecule has 22 heavy (non-hydrogen) atoms. The summed E-state index contributed by atoms with van der Waals surface area (Å²) in [6.07, 6.45) is 1.48. The van der Waals surface area contributed by atoms with Crippen LogP contribution in [0.4, 0.5) is 15.9 Å². The number of carbonyl (C=O) groups is 2. The van der Waals surface area contributed by atoms with Crippen LogP contribution in [0.2, 0.25) is 5.02 Å². The van der Waals surface area contributed by atoms with Gasteiger partial charge in [0.25, 0.3) is 5.91 Å². The van der Waals surface area contributed by atoms with Gasteiger partial charge in [0.15, 0.2) is 5.82 Å². The summed E-state index contributed by atoms with van der Waals surface area (Å²) in [5, 5.41) is 6.44. The summed E-state index contributed by atoms with van der Waals surface area (Å²) >= 11 is 5.70. The van der Waals surface area contributed by atoms with Crippen LogP contribution < -0.4 is 11.1 Å². The molecule has 9 heteroatoms. The molecule has 0 spiro atoms. The molecule has 2 rings (SSSR count). The first-order chi connectivity index (χ1) is 10.4. The van der Waals surface area contributed by atoms with Crippen molar-refractivity contribution in [1.82, 2.24) is 9.78 Å². The highest BCUT2D eigenvalue weighted by atomic mass is 35.5. The topological polar surface area (TPSA) is 99.2 Å². The maximum atomic E-state index is 13.5. The number of methoxy groups -OCH3 is 1. The second kappa shape index (κ2) is 6.44. The standard InChI is InChI=1S/C13H12ClFN4O3/c1-22-11(20)6-19-3-2-10(18-19)17-13(21)8-4-7(14)5-9(15)12(8)16/h2-5H,6,16H2,1H3,(H,17,18,21). The average Bonchev–Trinajstić information content (AvgIpc) is 2.89. The Balaban J connectivity index is 2.14. The van der Waals surface area contributed by atoms with E-state index in [-0.39, 0.29) is 28.6 Å². The van der Waals surface area contributed by atoms with Crippen molar-refractivity contribution in [3.8, 4) is 0 Å². The van der Waals surface area contributed by atoms with E-state index >= 15 is 0 Å². The number of ether oxygens (including phenoxy) is 1. The molecule has 0 unspecified atom stereocenters. The summed E-state index contributed by atoms with van der Waals surface area (Å²) in [5.74, 6) is -1.76. The number of esters is 1. The third kappa shape index (κ3) is 3.53. The predicted molar refractivity (Wildman–Crippen MR) is 78.0 cm³/mol. The fourth-order valence-corrected chi connectivity index (χ4v) is 1.87. The van der Waals surface area contributed by atoms with E-state index in [9.17, 15) is 14.0 Å². The summed E-state index contributed by atoms with van der Waals surface area (Å²) in [4.78, 5) is 23.2. The van der Waals surface area contributed by atoms with Gasteiger partial charge < -0.3 is 15.8 Å². The molecule has 0 aliphatic carbocycles. The third-order valence-corrected chi connectivity index (χ3v) is 2.96. The van der Waals surface area contributed by atoms with Crippen LogP contribution in [-0.2, 0) is 16.1 Å². The van der Waals surface area contributed by atoms with Gasteiger partial charge in [-0.05, 0) is 12.1 Å². The Labute approximate surface area is 129 Å². The van der Waals surface area contributed by atoms with Gasteiger partial charge in [0.2, 0.25) is 0 Å². The summed E-state index contributed by atoms with van der Waals surface area (Å²) < 4.78 is 19.2. The van der Waals surface area contributed by atoms with Gasteiger partial charge in [-0.3, -0.25) is 14.3 Å². The van der Waals surface area contributed by atoms with Gasteiger partial charge in [-0.1, -0.05) is 11.6 Å². The Hall–Kier alpha value is -2.61. The normalized spacial score (nSPS) is 10.3. The Morgan fingerprint density at radius 3 is 2.91 bits per heavy atom. The molecule has 1 aromatic heterocycles. The summed E-state index contributed by atoms with van der Waals surface area (Å²) in [5.41, 5.74) is 5.10. The van der Waals surface area contributed by atoms with E-state index in [0.29, 0.717) is 0 Å². The molecule has 1 aromatic carbocycles. The summed E-state index contributed by atoms with van der Waals surface area (Å²) in [6.45, 7) is -0.0969. The Morgan fingerprint density at radius 1 is 1.50 bits per heavy atom. The van der Waals surface area contributed by atoms with Gasteiger partial charge in [-0.2, -0.15) is 5.10 Å². The van der Waals surface area contributed by atoms with Crippen molar-refractivity contribution in [3.63, 3.8) is 0 Å². The first-order valence-electron chi connectivity index (χ1n) is 6.07. The molecule has 1 heterocycles. The average molecular weight is 327 g/mol. The largest absolute Gasteiger partial charge is 0.468 e. The fraction of sp³-hybridized carbons (Fsp3) is 0.154. The minimum absolute atomic E-state index is 0.0491. The predicted octanol–water partition coefficient (Wildman–Crippen LogP) is 1.68. The maximum Gasteiger partial charge on any atom is 0.327 e. The maximum absolute atomic E-state index is 13.5. The van der Waals surface area contributed by atoms with E-state index in [1.54, 1.807) is 0 Å². The molecule has 0 atom stereocenters. The Bertz CT molecular complexity index is 732. The minimum atomic E-state index is -0.783. The number of halogens is 2. The number of hydrogen-bond donors (Lipinski definition) is 2. The quantitative estimate of drug-likeness (QED) is 0.658. The van der Waals surface area contributed by atoms with Crippen LogP contribution in [0.1, 0.15) is 10.4 Å². The first-order valence-corrected chi connectivity index (χ1v) is 6.44. The molecule has 0 saturated heterocycles. The number of nitrogens with two attached hydrogens (primary N) is 1. The highest BCUT2D eigenvalue weighted by Crippen LogP contribution is 2.22. The summed E-state index contributed by atoms with van der Waals surface area (Å²) in [7, 11) is 1.25. The number of nitrogens with zero attached hydrogens (tertiary/aromatic N) is 2. The van der Waals surface area contributed by atoms with Gasteiger partial charge in [-0.25, -0.2) is 4.39 Å². The van der Waals surface area contributed by atoms with Crippen LogP contribution in [-0.4, -0.2) is 28.8 Å². The molecular formula is C13H12ClFN4O3. The number of rotatable bonds is 4. The van der Waals surface area contributed by atoms with Crippen molar-refractivity contribution in [2.45, 2.75) is 6.54 Å². The molecule has 0 aliphatic rings. The van der Waals surface area contributed by atoms with Gasteiger partial charge in [0.1, 0.15) is 12.4 Å². The van der Waals surface area contributed by atoms with E-state index < -0.39 is 17.7 Å². The van der Waals surface area contributed by atoms with Gasteiger partial charge >= 0.3 is 5.97 Å². The number of benzene rings is 1. The zero-order chi connectivity index (χ0) is 16.3. The number of anilines is 2. The third-order valence-electron chi connectivity index (χ3n) is 2.74. The van der Waals surface area contributed by atoms with Crippen molar-refractivity contribution in [2.24, 2.45) is 0 Å². The number of nitrogens with one attached hydrogen (secondary N) is 1. The second-order valence-electron chi connectivity index (χ2n) is 4.28. The summed E-state index contributed by atoms with van der Waals surface area (Å²) in [6, 6.07) is 3.73. The van der Waals surface area contributed by atoms with E-state index in [0.717, 1.165) is 6.07 Å². The van der Waals surface area contributed by atoms with Crippen LogP contribution in [0.5, 0.6) is 0 Å². The number of nitrogen functional groups attached to an aromatic ring is 1. The number of hydrogen-bond acceptors (Lipinski definition) is 5. The van der Waals surface area contributed by atoms with Crippen molar-refractivity contribution in [3.05, 3.63) is 40.8 Å². The molecule has 0 saturated carbocycles. The Morgan fingerprint density at radius 2 is 2.23 bits per heavy atom. The molecule has 0 fully saturated rings. The van der Waals surface area contributed by atoms with Crippen molar-refractivity contribution >= 4 is 35.0 Å². The lowest BCUT2D eigenvalue weighted by molar-refractivity contribution is -0.141. The SMILES string of the molecule is COC(=O)Cn1ccc(NC(=O)c2cc(Cl)cc(F)c2N)n1.